The van der Waals surface area contributed by atoms with E-state index in [1.165, 1.54) is 27.8 Å². The molecule has 0 bridgehead atoms. The molecule has 0 atom stereocenters. The largest absolute Gasteiger partial charge is 0.0984 e. The SMILES string of the molecule is C=Cc1cc(CC)c(C=C)c(CC)c1C=C. The van der Waals surface area contributed by atoms with Gasteiger partial charge in [0.1, 0.15) is 0 Å². The van der Waals surface area contributed by atoms with E-state index in [1.54, 1.807) is 0 Å². The molecule has 84 valence electrons. The van der Waals surface area contributed by atoms with E-state index in [4.69, 9.17) is 0 Å². The second kappa shape index (κ2) is 5.50. The van der Waals surface area contributed by atoms with Crippen molar-refractivity contribution in [1.29, 1.82) is 0 Å². The summed E-state index contributed by atoms with van der Waals surface area (Å²) in [6.45, 7) is 16.0. The number of hydrogen-bond acceptors (Lipinski definition) is 0. The summed E-state index contributed by atoms with van der Waals surface area (Å²) >= 11 is 0. The molecule has 0 saturated carbocycles. The summed E-state index contributed by atoms with van der Waals surface area (Å²) in [5.74, 6) is 0. The molecule has 0 spiro atoms. The minimum absolute atomic E-state index is 0.997. The van der Waals surface area contributed by atoms with Crippen LogP contribution in [0, 0.1) is 0 Å². The predicted molar refractivity (Wildman–Crippen MR) is 75.5 cm³/mol. The fraction of sp³-hybridized carbons (Fsp3) is 0.250. The Kier molecular flexibility index (Phi) is 4.30. The fourth-order valence-corrected chi connectivity index (χ4v) is 2.19. The maximum absolute atomic E-state index is 3.92. The maximum atomic E-state index is 3.92. The summed E-state index contributed by atoms with van der Waals surface area (Å²) < 4.78 is 0. The van der Waals surface area contributed by atoms with Crippen LogP contribution in [-0.4, -0.2) is 0 Å². The molecule has 0 amide bonds. The minimum Gasteiger partial charge on any atom is -0.0984 e. The van der Waals surface area contributed by atoms with Crippen LogP contribution >= 0.6 is 0 Å². The van der Waals surface area contributed by atoms with Gasteiger partial charge in [0.2, 0.25) is 0 Å². The molecule has 1 aromatic rings. The van der Waals surface area contributed by atoms with Gasteiger partial charge in [-0.2, -0.15) is 0 Å². The van der Waals surface area contributed by atoms with Crippen molar-refractivity contribution in [2.45, 2.75) is 26.7 Å². The molecule has 0 N–H and O–H groups in total. The lowest BCUT2D eigenvalue weighted by molar-refractivity contribution is 1.07. The number of benzene rings is 1. The van der Waals surface area contributed by atoms with Crippen molar-refractivity contribution in [2.24, 2.45) is 0 Å². The van der Waals surface area contributed by atoms with E-state index >= 15 is 0 Å². The van der Waals surface area contributed by atoms with Crippen molar-refractivity contribution in [3.63, 3.8) is 0 Å². The molecule has 0 aliphatic heterocycles. The lowest BCUT2D eigenvalue weighted by atomic mass is 9.89. The quantitative estimate of drug-likeness (QED) is 0.661. The smallest absolute Gasteiger partial charge is 0.0152 e. The van der Waals surface area contributed by atoms with Gasteiger partial charge in [-0.25, -0.2) is 0 Å². The van der Waals surface area contributed by atoms with E-state index in [2.05, 4.69) is 39.7 Å². The van der Waals surface area contributed by atoms with E-state index in [-0.39, 0.29) is 0 Å². The van der Waals surface area contributed by atoms with Gasteiger partial charge in [-0.15, -0.1) is 0 Å². The zero-order valence-electron chi connectivity index (χ0n) is 10.3. The average Bonchev–Trinajstić information content (AvgIpc) is 2.35. The first-order valence-electron chi connectivity index (χ1n) is 5.79. The van der Waals surface area contributed by atoms with Gasteiger partial charge in [-0.3, -0.25) is 0 Å². The van der Waals surface area contributed by atoms with Crippen LogP contribution in [0.1, 0.15) is 41.7 Å². The van der Waals surface area contributed by atoms with Crippen LogP contribution in [0.25, 0.3) is 18.2 Å². The molecule has 0 aliphatic rings. The Morgan fingerprint density at radius 3 is 1.94 bits per heavy atom. The third-order valence-corrected chi connectivity index (χ3v) is 3.00. The molecule has 0 radical (unpaired) electrons. The van der Waals surface area contributed by atoms with E-state index in [0.717, 1.165) is 12.8 Å². The van der Waals surface area contributed by atoms with E-state index < -0.39 is 0 Å². The second-order valence-electron chi connectivity index (χ2n) is 3.75. The van der Waals surface area contributed by atoms with E-state index in [9.17, 15) is 0 Å². The zero-order chi connectivity index (χ0) is 12.1. The van der Waals surface area contributed by atoms with Crippen molar-refractivity contribution < 1.29 is 0 Å². The Morgan fingerprint density at radius 2 is 1.56 bits per heavy atom. The lowest BCUT2D eigenvalue weighted by Crippen LogP contribution is -2.00. The summed E-state index contributed by atoms with van der Waals surface area (Å²) in [6, 6.07) is 2.19. The summed E-state index contributed by atoms with van der Waals surface area (Å²) in [5, 5.41) is 0. The van der Waals surface area contributed by atoms with Crippen molar-refractivity contribution in [3.05, 3.63) is 53.6 Å². The minimum atomic E-state index is 0.997. The Balaban J connectivity index is 3.66. The highest BCUT2D eigenvalue weighted by molar-refractivity contribution is 5.73. The molecule has 1 rings (SSSR count). The lowest BCUT2D eigenvalue weighted by Gasteiger charge is -2.16. The number of rotatable bonds is 5. The van der Waals surface area contributed by atoms with Crippen molar-refractivity contribution >= 4 is 18.2 Å². The summed E-state index contributed by atoms with van der Waals surface area (Å²) in [5.41, 5.74) is 6.32. The number of hydrogen-bond donors (Lipinski definition) is 0. The van der Waals surface area contributed by atoms with Crippen LogP contribution in [0.15, 0.2) is 25.8 Å². The predicted octanol–water partition coefficient (Wildman–Crippen LogP) is 4.74. The van der Waals surface area contributed by atoms with Gasteiger partial charge in [0, 0.05) is 0 Å². The van der Waals surface area contributed by atoms with Gasteiger partial charge in [0.05, 0.1) is 0 Å². The Hall–Kier alpha value is -1.56. The first-order chi connectivity index (χ1) is 7.73. The van der Waals surface area contributed by atoms with Crippen LogP contribution in [0.5, 0.6) is 0 Å². The van der Waals surface area contributed by atoms with E-state index in [0.29, 0.717) is 0 Å². The molecular weight excluding hydrogens is 192 g/mol. The molecule has 0 heteroatoms. The van der Waals surface area contributed by atoms with Crippen molar-refractivity contribution in [3.8, 4) is 0 Å². The monoisotopic (exact) mass is 212 g/mol. The standard InChI is InChI=1S/C16H20/c1-6-12-11-13(7-2)15(9-4)16(10-5)14(12)8-3/h6,8-9,11H,1,3-4,7,10H2,2,5H3. The van der Waals surface area contributed by atoms with Gasteiger partial charge in [-0.05, 0) is 40.7 Å². The van der Waals surface area contributed by atoms with Gasteiger partial charge >= 0.3 is 0 Å². The molecule has 0 fully saturated rings. The third-order valence-electron chi connectivity index (χ3n) is 3.00. The maximum Gasteiger partial charge on any atom is -0.0152 e. The van der Waals surface area contributed by atoms with Gasteiger partial charge in [-0.1, -0.05) is 57.9 Å². The first-order valence-corrected chi connectivity index (χ1v) is 5.79. The summed E-state index contributed by atoms with van der Waals surface area (Å²) in [4.78, 5) is 0. The molecule has 0 aromatic heterocycles. The average molecular weight is 212 g/mol. The fourth-order valence-electron chi connectivity index (χ4n) is 2.19. The molecule has 0 nitrogen and oxygen atoms in total. The van der Waals surface area contributed by atoms with Crippen molar-refractivity contribution in [2.75, 3.05) is 0 Å². The van der Waals surface area contributed by atoms with Crippen LogP contribution in [-0.2, 0) is 12.8 Å². The molecular formula is C16H20. The molecule has 16 heavy (non-hydrogen) atoms. The summed E-state index contributed by atoms with van der Waals surface area (Å²) in [7, 11) is 0. The molecule has 0 heterocycles. The third kappa shape index (κ3) is 2.01. The van der Waals surface area contributed by atoms with Gasteiger partial charge in [0.15, 0.2) is 0 Å². The molecule has 0 saturated heterocycles. The molecule has 1 aromatic carbocycles. The van der Waals surface area contributed by atoms with E-state index in [1.807, 2.05) is 18.2 Å². The Bertz CT molecular complexity index is 422. The van der Waals surface area contributed by atoms with Gasteiger partial charge < -0.3 is 0 Å². The second-order valence-corrected chi connectivity index (χ2v) is 3.75. The highest BCUT2D eigenvalue weighted by Crippen LogP contribution is 2.27. The Morgan fingerprint density at radius 1 is 0.938 bits per heavy atom. The van der Waals surface area contributed by atoms with Crippen LogP contribution < -0.4 is 0 Å². The molecule has 0 unspecified atom stereocenters. The van der Waals surface area contributed by atoms with Crippen LogP contribution in [0.4, 0.5) is 0 Å². The zero-order valence-corrected chi connectivity index (χ0v) is 10.3. The van der Waals surface area contributed by atoms with Crippen LogP contribution in [0.3, 0.4) is 0 Å². The normalized spacial score (nSPS) is 9.88. The highest BCUT2D eigenvalue weighted by Gasteiger charge is 2.10. The van der Waals surface area contributed by atoms with Crippen molar-refractivity contribution in [1.82, 2.24) is 0 Å². The van der Waals surface area contributed by atoms with Gasteiger partial charge in [0.25, 0.3) is 0 Å². The number of aryl methyl sites for hydroxylation is 1. The first kappa shape index (κ1) is 12.5. The highest BCUT2D eigenvalue weighted by atomic mass is 14.1. The summed E-state index contributed by atoms with van der Waals surface area (Å²) in [6.07, 6.45) is 7.80. The Labute approximate surface area is 99.0 Å². The topological polar surface area (TPSA) is 0 Å². The van der Waals surface area contributed by atoms with Crippen LogP contribution in [0.2, 0.25) is 0 Å². The molecule has 0 aliphatic carbocycles.